The van der Waals surface area contributed by atoms with Gasteiger partial charge in [-0.1, -0.05) is 6.07 Å². The van der Waals surface area contributed by atoms with Gasteiger partial charge in [0.2, 0.25) is 0 Å². The molecule has 0 unspecified atom stereocenters. The van der Waals surface area contributed by atoms with Crippen LogP contribution in [0.1, 0.15) is 30.6 Å². The first-order chi connectivity index (χ1) is 8.49. The molecule has 0 atom stereocenters. The monoisotopic (exact) mass is 248 g/mol. The van der Waals surface area contributed by atoms with Crippen LogP contribution in [0.4, 0.5) is 0 Å². The molecular weight excluding hydrogens is 232 g/mol. The van der Waals surface area contributed by atoms with Crippen molar-refractivity contribution in [3.05, 3.63) is 23.8 Å². The molecule has 1 aromatic rings. The smallest absolute Gasteiger partial charge is 0.261 e. The van der Waals surface area contributed by atoms with E-state index in [1.807, 2.05) is 19.9 Å². The molecule has 0 heterocycles. The van der Waals surface area contributed by atoms with Gasteiger partial charge in [0.1, 0.15) is 17.1 Å². The molecule has 0 aliphatic rings. The van der Waals surface area contributed by atoms with Gasteiger partial charge in [0.15, 0.2) is 0 Å². The van der Waals surface area contributed by atoms with Gasteiger partial charge in [0.25, 0.3) is 5.91 Å². The van der Waals surface area contributed by atoms with Crippen molar-refractivity contribution in [3.8, 4) is 17.6 Å². The summed E-state index contributed by atoms with van der Waals surface area (Å²) in [6.45, 7) is 3.89. The molecule has 2 N–H and O–H groups in total. The molecule has 1 rings (SSSR count). The zero-order chi connectivity index (χ0) is 13.7. The van der Waals surface area contributed by atoms with E-state index in [1.54, 1.807) is 0 Å². The molecule has 0 saturated heterocycles. The van der Waals surface area contributed by atoms with E-state index in [0.717, 1.165) is 0 Å². The SMILES string of the molecule is CC(C)N(CCC#N)C(=O)c1c(O)cccc1O. The van der Waals surface area contributed by atoms with Crippen molar-refractivity contribution in [1.29, 1.82) is 5.26 Å². The molecule has 96 valence electrons. The lowest BCUT2D eigenvalue weighted by atomic mass is 10.1. The number of rotatable bonds is 4. The first-order valence-electron chi connectivity index (χ1n) is 5.68. The lowest BCUT2D eigenvalue weighted by molar-refractivity contribution is 0.0704. The average molecular weight is 248 g/mol. The predicted octanol–water partition coefficient (Wildman–Crippen LogP) is 1.86. The van der Waals surface area contributed by atoms with E-state index < -0.39 is 5.91 Å². The average Bonchev–Trinajstić information content (AvgIpc) is 2.28. The van der Waals surface area contributed by atoms with Crippen LogP contribution in [0.3, 0.4) is 0 Å². The van der Waals surface area contributed by atoms with E-state index in [1.165, 1.54) is 23.1 Å². The fourth-order valence-electron chi connectivity index (χ4n) is 1.66. The minimum atomic E-state index is -0.476. The molecule has 1 aromatic carbocycles. The van der Waals surface area contributed by atoms with E-state index in [-0.39, 0.29) is 36.1 Å². The minimum Gasteiger partial charge on any atom is -0.507 e. The topological polar surface area (TPSA) is 84.6 Å². The van der Waals surface area contributed by atoms with Crippen LogP contribution < -0.4 is 0 Å². The number of carbonyl (C=O) groups excluding carboxylic acids is 1. The first kappa shape index (κ1) is 13.8. The Morgan fingerprint density at radius 2 is 1.94 bits per heavy atom. The second-order valence-electron chi connectivity index (χ2n) is 4.17. The third kappa shape index (κ3) is 2.92. The van der Waals surface area contributed by atoms with Gasteiger partial charge >= 0.3 is 0 Å². The summed E-state index contributed by atoms with van der Waals surface area (Å²) in [5.74, 6) is -0.999. The van der Waals surface area contributed by atoms with Crippen LogP contribution in [0, 0.1) is 11.3 Å². The molecule has 5 heteroatoms. The summed E-state index contributed by atoms with van der Waals surface area (Å²) in [4.78, 5) is 13.7. The second-order valence-corrected chi connectivity index (χ2v) is 4.17. The van der Waals surface area contributed by atoms with Gasteiger partial charge in [0, 0.05) is 12.6 Å². The van der Waals surface area contributed by atoms with Crippen LogP contribution in [0.2, 0.25) is 0 Å². The zero-order valence-electron chi connectivity index (χ0n) is 10.4. The van der Waals surface area contributed by atoms with Gasteiger partial charge in [-0.25, -0.2) is 0 Å². The summed E-state index contributed by atoms with van der Waals surface area (Å²) in [5.41, 5.74) is -0.121. The predicted molar refractivity (Wildman–Crippen MR) is 66.2 cm³/mol. The molecule has 0 aliphatic carbocycles. The Kier molecular flexibility index (Phi) is 4.55. The molecule has 1 amide bonds. The van der Waals surface area contributed by atoms with Crippen molar-refractivity contribution in [3.63, 3.8) is 0 Å². The number of phenols is 2. The van der Waals surface area contributed by atoms with Gasteiger partial charge in [0.05, 0.1) is 12.5 Å². The normalized spacial score (nSPS) is 10.1. The molecule has 0 bridgehead atoms. The summed E-state index contributed by atoms with van der Waals surface area (Å²) in [6.07, 6.45) is 0.207. The first-order valence-corrected chi connectivity index (χ1v) is 5.68. The Hall–Kier alpha value is -2.22. The zero-order valence-corrected chi connectivity index (χ0v) is 10.4. The molecule has 5 nitrogen and oxygen atoms in total. The van der Waals surface area contributed by atoms with Crippen LogP contribution in [-0.2, 0) is 0 Å². The maximum absolute atomic E-state index is 12.2. The van der Waals surface area contributed by atoms with E-state index >= 15 is 0 Å². The highest BCUT2D eigenvalue weighted by Crippen LogP contribution is 2.28. The Morgan fingerprint density at radius 1 is 1.39 bits per heavy atom. The summed E-state index contributed by atoms with van der Waals surface area (Å²) in [6, 6.07) is 5.99. The maximum atomic E-state index is 12.2. The van der Waals surface area contributed by atoms with Crippen molar-refractivity contribution in [2.45, 2.75) is 26.3 Å². The van der Waals surface area contributed by atoms with Gasteiger partial charge in [-0.2, -0.15) is 5.26 Å². The van der Waals surface area contributed by atoms with Crippen molar-refractivity contribution in [1.82, 2.24) is 4.90 Å². The number of benzene rings is 1. The molecular formula is C13H16N2O3. The van der Waals surface area contributed by atoms with Crippen LogP contribution in [0.25, 0.3) is 0 Å². The Labute approximate surface area is 106 Å². The number of amides is 1. The Bertz CT molecular complexity index is 457. The number of phenolic OH excluding ortho intramolecular Hbond substituents is 2. The molecule has 0 saturated carbocycles. The van der Waals surface area contributed by atoms with E-state index in [2.05, 4.69) is 0 Å². The molecule has 0 spiro atoms. The van der Waals surface area contributed by atoms with E-state index in [0.29, 0.717) is 0 Å². The van der Waals surface area contributed by atoms with Gasteiger partial charge in [-0.3, -0.25) is 4.79 Å². The van der Waals surface area contributed by atoms with Gasteiger partial charge < -0.3 is 15.1 Å². The summed E-state index contributed by atoms with van der Waals surface area (Å²) >= 11 is 0. The molecule has 0 aromatic heterocycles. The second kappa shape index (κ2) is 5.92. The van der Waals surface area contributed by atoms with Crippen molar-refractivity contribution in [2.24, 2.45) is 0 Å². The fraction of sp³-hybridized carbons (Fsp3) is 0.385. The maximum Gasteiger partial charge on any atom is 0.261 e. The quantitative estimate of drug-likeness (QED) is 0.851. The van der Waals surface area contributed by atoms with Crippen molar-refractivity contribution in [2.75, 3.05) is 6.54 Å². The Morgan fingerprint density at radius 3 is 2.39 bits per heavy atom. The van der Waals surface area contributed by atoms with Gasteiger partial charge in [-0.15, -0.1) is 0 Å². The van der Waals surface area contributed by atoms with Gasteiger partial charge in [-0.05, 0) is 26.0 Å². The number of nitriles is 1. The lowest BCUT2D eigenvalue weighted by Crippen LogP contribution is -2.37. The summed E-state index contributed by atoms with van der Waals surface area (Å²) in [7, 11) is 0. The number of nitrogens with zero attached hydrogens (tertiary/aromatic N) is 2. The molecule has 18 heavy (non-hydrogen) atoms. The number of aromatic hydroxyl groups is 2. The number of carbonyl (C=O) groups is 1. The standard InChI is InChI=1S/C13H16N2O3/c1-9(2)15(8-4-7-14)13(18)12-10(16)5-3-6-11(12)17/h3,5-6,9,16-17H,4,8H2,1-2H3. The largest absolute Gasteiger partial charge is 0.507 e. The highest BCUT2D eigenvalue weighted by Gasteiger charge is 2.23. The third-order valence-electron chi connectivity index (χ3n) is 2.58. The highest BCUT2D eigenvalue weighted by atomic mass is 16.3. The fourth-order valence-corrected chi connectivity index (χ4v) is 1.66. The summed E-state index contributed by atoms with van der Waals surface area (Å²) in [5, 5.41) is 27.9. The van der Waals surface area contributed by atoms with Crippen LogP contribution in [-0.4, -0.2) is 33.6 Å². The Balaban J connectivity index is 3.07. The molecule has 0 aliphatic heterocycles. The lowest BCUT2D eigenvalue weighted by Gasteiger charge is -2.26. The van der Waals surface area contributed by atoms with Crippen LogP contribution in [0.5, 0.6) is 11.5 Å². The summed E-state index contributed by atoms with van der Waals surface area (Å²) < 4.78 is 0. The third-order valence-corrected chi connectivity index (χ3v) is 2.58. The highest BCUT2D eigenvalue weighted by molar-refractivity contribution is 5.99. The minimum absolute atomic E-state index is 0.121. The van der Waals surface area contributed by atoms with Crippen LogP contribution in [0.15, 0.2) is 18.2 Å². The molecule has 0 fully saturated rings. The van der Waals surface area contributed by atoms with Crippen molar-refractivity contribution >= 4 is 5.91 Å². The van der Waals surface area contributed by atoms with E-state index in [4.69, 9.17) is 5.26 Å². The number of hydrogen-bond acceptors (Lipinski definition) is 4. The number of hydrogen-bond donors (Lipinski definition) is 2. The van der Waals surface area contributed by atoms with Crippen molar-refractivity contribution < 1.29 is 15.0 Å². The van der Waals surface area contributed by atoms with E-state index in [9.17, 15) is 15.0 Å². The molecule has 0 radical (unpaired) electrons. The van der Waals surface area contributed by atoms with Crippen LogP contribution >= 0.6 is 0 Å².